The Balaban J connectivity index is 1.96. The summed E-state index contributed by atoms with van der Waals surface area (Å²) in [7, 11) is 1.99. The van der Waals surface area contributed by atoms with Crippen LogP contribution in [0.2, 0.25) is 0 Å². The number of hydrogen-bond acceptors (Lipinski definition) is 3. The van der Waals surface area contributed by atoms with Gasteiger partial charge in [-0.15, -0.1) is 0 Å². The molecule has 1 N–H and O–H groups in total. The van der Waals surface area contributed by atoms with Gasteiger partial charge in [0, 0.05) is 17.0 Å². The number of aromatic nitrogens is 2. The monoisotopic (exact) mass is 285 g/mol. The molecule has 0 saturated heterocycles. The molecule has 0 amide bonds. The lowest BCUT2D eigenvalue weighted by Crippen LogP contribution is -2.26. The molecule has 21 heavy (non-hydrogen) atoms. The molecule has 0 fully saturated rings. The van der Waals surface area contributed by atoms with E-state index in [0.29, 0.717) is 11.7 Å². The molecule has 1 unspecified atom stereocenters. The third-order valence-corrected chi connectivity index (χ3v) is 4.16. The number of fused-ring (bicyclic) bond motifs is 1. The number of aryl methyl sites for hydroxylation is 2. The second-order valence-corrected chi connectivity index (χ2v) is 5.73. The van der Waals surface area contributed by atoms with Crippen molar-refractivity contribution in [1.82, 2.24) is 15.3 Å². The SMILES string of the molecule is CNCC1CCc2nc(-c3cccc(F)c3)nc(C)c2C1. The van der Waals surface area contributed by atoms with Gasteiger partial charge in [-0.25, -0.2) is 14.4 Å². The standard InChI is InChI=1S/C17H20FN3/c1-11-15-8-12(10-19-2)6-7-16(15)21-17(20-11)13-4-3-5-14(18)9-13/h3-5,9,12,19H,6-8,10H2,1-2H3. The van der Waals surface area contributed by atoms with Gasteiger partial charge in [0.15, 0.2) is 5.82 Å². The number of nitrogens with one attached hydrogen (secondary N) is 1. The van der Waals surface area contributed by atoms with E-state index < -0.39 is 0 Å². The Kier molecular flexibility index (Phi) is 3.97. The van der Waals surface area contributed by atoms with E-state index in [9.17, 15) is 4.39 Å². The summed E-state index contributed by atoms with van der Waals surface area (Å²) in [5.74, 6) is 1.04. The van der Waals surface area contributed by atoms with Crippen molar-refractivity contribution in [3.05, 3.63) is 47.0 Å². The van der Waals surface area contributed by atoms with E-state index in [1.807, 2.05) is 20.0 Å². The van der Waals surface area contributed by atoms with Crippen LogP contribution in [-0.4, -0.2) is 23.6 Å². The third-order valence-electron chi connectivity index (χ3n) is 4.16. The lowest BCUT2D eigenvalue weighted by Gasteiger charge is -2.25. The highest BCUT2D eigenvalue weighted by molar-refractivity contribution is 5.56. The van der Waals surface area contributed by atoms with Crippen LogP contribution in [0.15, 0.2) is 24.3 Å². The Labute approximate surface area is 124 Å². The van der Waals surface area contributed by atoms with Gasteiger partial charge in [-0.3, -0.25) is 0 Å². The molecule has 110 valence electrons. The van der Waals surface area contributed by atoms with E-state index in [0.717, 1.165) is 42.8 Å². The van der Waals surface area contributed by atoms with Crippen LogP contribution in [0, 0.1) is 18.7 Å². The summed E-state index contributed by atoms with van der Waals surface area (Å²) < 4.78 is 13.4. The predicted octanol–water partition coefficient (Wildman–Crippen LogP) is 2.92. The van der Waals surface area contributed by atoms with E-state index in [4.69, 9.17) is 0 Å². The second kappa shape index (κ2) is 5.90. The highest BCUT2D eigenvalue weighted by Gasteiger charge is 2.22. The zero-order valence-corrected chi connectivity index (χ0v) is 12.5. The van der Waals surface area contributed by atoms with Crippen molar-refractivity contribution in [2.45, 2.75) is 26.2 Å². The van der Waals surface area contributed by atoms with Gasteiger partial charge >= 0.3 is 0 Å². The van der Waals surface area contributed by atoms with Crippen molar-refractivity contribution in [2.75, 3.05) is 13.6 Å². The maximum atomic E-state index is 13.4. The van der Waals surface area contributed by atoms with Crippen molar-refractivity contribution in [2.24, 2.45) is 5.92 Å². The Hall–Kier alpha value is -1.81. The molecule has 0 spiro atoms. The first-order valence-corrected chi connectivity index (χ1v) is 7.44. The van der Waals surface area contributed by atoms with E-state index in [2.05, 4.69) is 15.3 Å². The molecule has 0 aliphatic heterocycles. The molecular formula is C17H20FN3. The molecule has 1 aliphatic carbocycles. The fourth-order valence-electron chi connectivity index (χ4n) is 3.08. The van der Waals surface area contributed by atoms with Crippen LogP contribution in [-0.2, 0) is 12.8 Å². The number of halogens is 1. The lowest BCUT2D eigenvalue weighted by atomic mass is 9.85. The molecule has 3 nitrogen and oxygen atoms in total. The fraction of sp³-hybridized carbons (Fsp3) is 0.412. The number of nitrogens with zero attached hydrogens (tertiary/aromatic N) is 2. The van der Waals surface area contributed by atoms with Gasteiger partial charge in [0.2, 0.25) is 0 Å². The lowest BCUT2D eigenvalue weighted by molar-refractivity contribution is 0.433. The summed E-state index contributed by atoms with van der Waals surface area (Å²) in [6.45, 7) is 3.07. The minimum atomic E-state index is -0.249. The Morgan fingerprint density at radius 3 is 2.95 bits per heavy atom. The average Bonchev–Trinajstić information content (AvgIpc) is 2.48. The minimum absolute atomic E-state index is 0.249. The van der Waals surface area contributed by atoms with Crippen molar-refractivity contribution < 1.29 is 4.39 Å². The predicted molar refractivity (Wildman–Crippen MR) is 81.6 cm³/mol. The van der Waals surface area contributed by atoms with Crippen LogP contribution in [0.1, 0.15) is 23.4 Å². The Morgan fingerprint density at radius 2 is 2.19 bits per heavy atom. The summed E-state index contributed by atoms with van der Waals surface area (Å²) in [4.78, 5) is 9.28. The average molecular weight is 285 g/mol. The van der Waals surface area contributed by atoms with Crippen LogP contribution >= 0.6 is 0 Å². The first-order valence-electron chi connectivity index (χ1n) is 7.44. The zero-order valence-electron chi connectivity index (χ0n) is 12.5. The quantitative estimate of drug-likeness (QED) is 0.942. The fourth-order valence-corrected chi connectivity index (χ4v) is 3.08. The summed E-state index contributed by atoms with van der Waals surface area (Å²) in [6, 6.07) is 6.49. The van der Waals surface area contributed by atoms with Crippen molar-refractivity contribution in [3.8, 4) is 11.4 Å². The molecule has 0 radical (unpaired) electrons. The van der Waals surface area contributed by atoms with Crippen LogP contribution in [0.3, 0.4) is 0 Å². The summed E-state index contributed by atoms with van der Waals surface area (Å²) in [5.41, 5.74) is 4.19. The first kappa shape index (κ1) is 14.1. The van der Waals surface area contributed by atoms with Gasteiger partial charge in [-0.05, 0) is 63.4 Å². The molecule has 4 heteroatoms. The van der Waals surface area contributed by atoms with E-state index in [1.165, 1.54) is 17.7 Å². The van der Waals surface area contributed by atoms with Crippen LogP contribution in [0.5, 0.6) is 0 Å². The maximum absolute atomic E-state index is 13.4. The molecule has 1 aromatic heterocycles. The Morgan fingerprint density at radius 1 is 1.33 bits per heavy atom. The molecule has 2 aromatic rings. The number of rotatable bonds is 3. The zero-order chi connectivity index (χ0) is 14.8. The van der Waals surface area contributed by atoms with Crippen LogP contribution in [0.25, 0.3) is 11.4 Å². The highest BCUT2D eigenvalue weighted by Crippen LogP contribution is 2.28. The first-order chi connectivity index (χ1) is 10.2. The molecular weight excluding hydrogens is 265 g/mol. The topological polar surface area (TPSA) is 37.8 Å². The number of benzene rings is 1. The largest absolute Gasteiger partial charge is 0.319 e. The van der Waals surface area contributed by atoms with Gasteiger partial charge in [-0.1, -0.05) is 12.1 Å². The van der Waals surface area contributed by atoms with E-state index in [1.54, 1.807) is 6.07 Å². The van der Waals surface area contributed by atoms with Gasteiger partial charge in [-0.2, -0.15) is 0 Å². The summed E-state index contributed by atoms with van der Waals surface area (Å²) in [6.07, 6.45) is 3.16. The summed E-state index contributed by atoms with van der Waals surface area (Å²) >= 11 is 0. The molecule has 0 saturated carbocycles. The maximum Gasteiger partial charge on any atom is 0.159 e. The van der Waals surface area contributed by atoms with Crippen LogP contribution in [0.4, 0.5) is 4.39 Å². The van der Waals surface area contributed by atoms with E-state index in [-0.39, 0.29) is 5.82 Å². The molecule has 1 aromatic carbocycles. The molecule has 3 rings (SSSR count). The molecule has 1 heterocycles. The smallest absolute Gasteiger partial charge is 0.159 e. The van der Waals surface area contributed by atoms with Gasteiger partial charge in [0.1, 0.15) is 5.82 Å². The second-order valence-electron chi connectivity index (χ2n) is 5.73. The summed E-state index contributed by atoms with van der Waals surface area (Å²) in [5, 5.41) is 3.25. The van der Waals surface area contributed by atoms with Crippen LogP contribution < -0.4 is 5.32 Å². The molecule has 1 aliphatic rings. The molecule has 0 bridgehead atoms. The Bertz CT molecular complexity index is 654. The van der Waals surface area contributed by atoms with E-state index >= 15 is 0 Å². The normalized spacial score (nSPS) is 17.6. The van der Waals surface area contributed by atoms with Crippen molar-refractivity contribution >= 4 is 0 Å². The van der Waals surface area contributed by atoms with Gasteiger partial charge in [0.25, 0.3) is 0 Å². The van der Waals surface area contributed by atoms with Crippen molar-refractivity contribution in [3.63, 3.8) is 0 Å². The highest BCUT2D eigenvalue weighted by atomic mass is 19.1. The van der Waals surface area contributed by atoms with Gasteiger partial charge in [0.05, 0.1) is 0 Å². The third kappa shape index (κ3) is 2.95. The minimum Gasteiger partial charge on any atom is -0.319 e. The van der Waals surface area contributed by atoms with Crippen molar-refractivity contribution in [1.29, 1.82) is 0 Å². The molecule has 1 atom stereocenters. The number of hydrogen-bond donors (Lipinski definition) is 1. The van der Waals surface area contributed by atoms with Gasteiger partial charge < -0.3 is 5.32 Å².